The van der Waals surface area contributed by atoms with Crippen LogP contribution >= 0.6 is 0 Å². The average Bonchev–Trinajstić information content (AvgIpc) is 2.34. The molecular weight excluding hydrogens is 212 g/mol. The fourth-order valence-electron chi connectivity index (χ4n) is 2.38. The molecule has 1 fully saturated rings. The summed E-state index contributed by atoms with van der Waals surface area (Å²) in [5, 5.41) is 3.36. The molecule has 1 N–H and O–H groups in total. The molecule has 1 saturated heterocycles. The highest BCUT2D eigenvalue weighted by molar-refractivity contribution is 5.76. The molecule has 1 rings (SSSR count). The van der Waals surface area contributed by atoms with Gasteiger partial charge in [0.25, 0.3) is 0 Å². The minimum atomic E-state index is 0.272. The van der Waals surface area contributed by atoms with Crippen LogP contribution in [0.2, 0.25) is 0 Å². The molecule has 3 nitrogen and oxygen atoms in total. The zero-order valence-electron chi connectivity index (χ0n) is 11.2. The molecule has 0 bridgehead atoms. The van der Waals surface area contributed by atoms with Gasteiger partial charge in [0.15, 0.2) is 0 Å². The Morgan fingerprint density at radius 3 is 2.65 bits per heavy atom. The van der Waals surface area contributed by atoms with E-state index in [1.54, 1.807) is 0 Å². The lowest BCUT2D eigenvalue weighted by molar-refractivity contribution is -0.132. The summed E-state index contributed by atoms with van der Waals surface area (Å²) in [6.07, 6.45) is 5.98. The van der Waals surface area contributed by atoms with Crippen LogP contribution in [0.15, 0.2) is 12.7 Å². The van der Waals surface area contributed by atoms with Gasteiger partial charge in [0.05, 0.1) is 0 Å². The fourth-order valence-corrected chi connectivity index (χ4v) is 2.38. The average molecular weight is 238 g/mol. The first-order valence-electron chi connectivity index (χ1n) is 6.76. The fraction of sp³-hybridized carbons (Fsp3) is 0.786. The molecule has 0 spiro atoms. The van der Waals surface area contributed by atoms with Crippen LogP contribution in [-0.4, -0.2) is 36.5 Å². The summed E-state index contributed by atoms with van der Waals surface area (Å²) in [4.78, 5) is 14.0. The number of rotatable bonds is 6. The number of carbonyl (C=O) groups is 1. The second-order valence-electron chi connectivity index (χ2n) is 5.16. The Kier molecular flexibility index (Phi) is 6.27. The number of carbonyl (C=O) groups excluding carboxylic acids is 1. The van der Waals surface area contributed by atoms with Gasteiger partial charge in [-0.05, 0) is 52.1 Å². The maximum atomic E-state index is 12.1. The molecule has 3 heteroatoms. The second-order valence-corrected chi connectivity index (χ2v) is 5.16. The van der Waals surface area contributed by atoms with E-state index in [0.717, 1.165) is 25.4 Å². The molecule has 0 atom stereocenters. The summed E-state index contributed by atoms with van der Waals surface area (Å²) in [5.41, 5.74) is 0. The van der Waals surface area contributed by atoms with E-state index in [1.165, 1.54) is 12.8 Å². The van der Waals surface area contributed by atoms with E-state index >= 15 is 0 Å². The monoisotopic (exact) mass is 238 g/mol. The third kappa shape index (κ3) is 4.90. The molecular formula is C14H26N2O. The highest BCUT2D eigenvalue weighted by atomic mass is 16.2. The third-order valence-electron chi connectivity index (χ3n) is 3.49. The second kappa shape index (κ2) is 7.49. The van der Waals surface area contributed by atoms with Crippen LogP contribution in [0, 0.1) is 5.92 Å². The van der Waals surface area contributed by atoms with Crippen LogP contribution < -0.4 is 5.32 Å². The Balaban J connectivity index is 2.32. The Morgan fingerprint density at radius 1 is 1.47 bits per heavy atom. The largest absolute Gasteiger partial charge is 0.337 e. The molecule has 0 unspecified atom stereocenters. The minimum absolute atomic E-state index is 0.272. The number of nitrogens with zero attached hydrogens (tertiary/aromatic N) is 1. The van der Waals surface area contributed by atoms with Gasteiger partial charge in [0.1, 0.15) is 0 Å². The maximum Gasteiger partial charge on any atom is 0.223 e. The topological polar surface area (TPSA) is 32.3 Å². The van der Waals surface area contributed by atoms with Crippen molar-refractivity contribution in [3.63, 3.8) is 0 Å². The van der Waals surface area contributed by atoms with Crippen molar-refractivity contribution < 1.29 is 4.79 Å². The molecule has 0 aromatic rings. The van der Waals surface area contributed by atoms with Crippen molar-refractivity contribution in [2.75, 3.05) is 19.6 Å². The Morgan fingerprint density at radius 2 is 2.12 bits per heavy atom. The van der Waals surface area contributed by atoms with Gasteiger partial charge in [-0.25, -0.2) is 0 Å². The van der Waals surface area contributed by atoms with E-state index in [4.69, 9.17) is 0 Å². The van der Waals surface area contributed by atoms with Gasteiger partial charge in [-0.1, -0.05) is 6.08 Å². The highest BCUT2D eigenvalue weighted by Crippen LogP contribution is 2.18. The van der Waals surface area contributed by atoms with Gasteiger partial charge >= 0.3 is 0 Å². The zero-order chi connectivity index (χ0) is 12.7. The van der Waals surface area contributed by atoms with Gasteiger partial charge in [-0.2, -0.15) is 0 Å². The van der Waals surface area contributed by atoms with Gasteiger partial charge < -0.3 is 10.2 Å². The van der Waals surface area contributed by atoms with E-state index in [1.807, 2.05) is 11.0 Å². The van der Waals surface area contributed by atoms with Crippen molar-refractivity contribution in [2.24, 2.45) is 5.92 Å². The van der Waals surface area contributed by atoms with E-state index in [9.17, 15) is 4.79 Å². The van der Waals surface area contributed by atoms with Crippen LogP contribution in [-0.2, 0) is 4.79 Å². The standard InChI is InChI=1S/C14H26N2O/c1-4-11-16(12(2)3)14(17)6-5-13-7-9-15-10-8-13/h4,12-13,15H,1,5-11H2,2-3H3. The molecule has 17 heavy (non-hydrogen) atoms. The van der Waals surface area contributed by atoms with Crippen LogP contribution in [0.5, 0.6) is 0 Å². The summed E-state index contributed by atoms with van der Waals surface area (Å²) < 4.78 is 0. The molecule has 1 aliphatic heterocycles. The van der Waals surface area contributed by atoms with Crippen LogP contribution in [0.1, 0.15) is 39.5 Å². The first-order chi connectivity index (χ1) is 8.15. The highest BCUT2D eigenvalue weighted by Gasteiger charge is 2.18. The number of piperidine rings is 1. The Hall–Kier alpha value is -0.830. The minimum Gasteiger partial charge on any atom is -0.337 e. The molecule has 0 aliphatic carbocycles. The zero-order valence-corrected chi connectivity index (χ0v) is 11.2. The molecule has 1 amide bonds. The molecule has 1 heterocycles. The predicted molar refractivity (Wildman–Crippen MR) is 71.9 cm³/mol. The first kappa shape index (κ1) is 14.2. The van der Waals surface area contributed by atoms with Crippen molar-refractivity contribution in [1.82, 2.24) is 10.2 Å². The van der Waals surface area contributed by atoms with E-state index in [0.29, 0.717) is 13.0 Å². The lowest BCUT2D eigenvalue weighted by Gasteiger charge is -2.27. The van der Waals surface area contributed by atoms with Crippen LogP contribution in [0.25, 0.3) is 0 Å². The molecule has 0 saturated carbocycles. The SMILES string of the molecule is C=CCN(C(=O)CCC1CCNCC1)C(C)C. The molecule has 0 aromatic heterocycles. The van der Waals surface area contributed by atoms with E-state index in [-0.39, 0.29) is 11.9 Å². The van der Waals surface area contributed by atoms with Crippen molar-refractivity contribution in [3.05, 3.63) is 12.7 Å². The van der Waals surface area contributed by atoms with Gasteiger partial charge in [0, 0.05) is 19.0 Å². The summed E-state index contributed by atoms with van der Waals surface area (Å²) in [6, 6.07) is 0.272. The smallest absolute Gasteiger partial charge is 0.223 e. The van der Waals surface area contributed by atoms with Crippen molar-refractivity contribution >= 4 is 5.91 Å². The predicted octanol–water partition coefficient (Wildman–Crippen LogP) is 2.19. The van der Waals surface area contributed by atoms with Gasteiger partial charge in [-0.3, -0.25) is 4.79 Å². The van der Waals surface area contributed by atoms with Crippen molar-refractivity contribution in [3.8, 4) is 0 Å². The number of amides is 1. The quantitative estimate of drug-likeness (QED) is 0.719. The summed E-state index contributed by atoms with van der Waals surface area (Å²) in [7, 11) is 0. The molecule has 0 radical (unpaired) electrons. The lowest BCUT2D eigenvalue weighted by Crippen LogP contribution is -2.37. The molecule has 1 aliphatic rings. The van der Waals surface area contributed by atoms with Crippen molar-refractivity contribution in [1.29, 1.82) is 0 Å². The van der Waals surface area contributed by atoms with Gasteiger partial charge in [-0.15, -0.1) is 6.58 Å². The molecule has 98 valence electrons. The lowest BCUT2D eigenvalue weighted by atomic mass is 9.93. The normalized spacial score (nSPS) is 17.1. The van der Waals surface area contributed by atoms with Crippen LogP contribution in [0.4, 0.5) is 0 Å². The summed E-state index contributed by atoms with van der Waals surface area (Å²) >= 11 is 0. The third-order valence-corrected chi connectivity index (χ3v) is 3.49. The van der Waals surface area contributed by atoms with Crippen molar-refractivity contribution in [2.45, 2.75) is 45.6 Å². The molecule has 0 aromatic carbocycles. The number of hydrogen-bond acceptors (Lipinski definition) is 2. The first-order valence-corrected chi connectivity index (χ1v) is 6.76. The Bertz CT molecular complexity index is 245. The number of hydrogen-bond donors (Lipinski definition) is 1. The van der Waals surface area contributed by atoms with Crippen LogP contribution in [0.3, 0.4) is 0 Å². The van der Waals surface area contributed by atoms with Gasteiger partial charge in [0.2, 0.25) is 5.91 Å². The maximum absolute atomic E-state index is 12.1. The van der Waals surface area contributed by atoms with E-state index in [2.05, 4.69) is 25.7 Å². The number of nitrogens with one attached hydrogen (secondary N) is 1. The summed E-state index contributed by atoms with van der Waals surface area (Å²) in [6.45, 7) is 10.7. The summed E-state index contributed by atoms with van der Waals surface area (Å²) in [5.74, 6) is 1.01. The van der Waals surface area contributed by atoms with E-state index < -0.39 is 0 Å². The Labute approximate surface area is 105 Å².